The average Bonchev–Trinajstić information content (AvgIpc) is 3.44. The van der Waals surface area contributed by atoms with Crippen LogP contribution in [0, 0.1) is 0 Å². The van der Waals surface area contributed by atoms with E-state index in [1.807, 2.05) is 11.4 Å². The molecule has 0 spiro atoms. The lowest BCUT2D eigenvalue weighted by molar-refractivity contribution is 0.0928. The minimum atomic E-state index is -0.351. The Morgan fingerprint density at radius 3 is 2.84 bits per heavy atom. The van der Waals surface area contributed by atoms with Crippen LogP contribution in [0.4, 0.5) is 0 Å². The van der Waals surface area contributed by atoms with Crippen molar-refractivity contribution in [2.24, 2.45) is 7.05 Å². The molecule has 1 N–H and O–H groups in total. The Labute approximate surface area is 187 Å². The van der Waals surface area contributed by atoms with Crippen LogP contribution in [-0.4, -0.2) is 28.3 Å². The van der Waals surface area contributed by atoms with Gasteiger partial charge in [0, 0.05) is 24.4 Å². The summed E-state index contributed by atoms with van der Waals surface area (Å²) in [5.74, 6) is 0.321. The van der Waals surface area contributed by atoms with Crippen LogP contribution >= 0.6 is 22.9 Å². The van der Waals surface area contributed by atoms with Gasteiger partial charge in [0.2, 0.25) is 0 Å². The minimum Gasteiger partial charge on any atom is -0.486 e. The molecule has 156 valence electrons. The molecule has 1 atom stereocenters. The highest BCUT2D eigenvalue weighted by Gasteiger charge is 2.27. The highest BCUT2D eigenvalue weighted by Crippen LogP contribution is 2.39. The number of carbonyl (C=O) groups is 1. The molecular weight excluding hydrogens is 434 g/mol. The number of aryl methyl sites for hydroxylation is 1. The van der Waals surface area contributed by atoms with Gasteiger partial charge in [-0.1, -0.05) is 29.8 Å². The van der Waals surface area contributed by atoms with Gasteiger partial charge in [-0.15, -0.1) is 0 Å². The molecule has 31 heavy (non-hydrogen) atoms. The second-order valence-electron chi connectivity index (χ2n) is 7.44. The van der Waals surface area contributed by atoms with Crippen LogP contribution in [0.1, 0.15) is 16.1 Å². The van der Waals surface area contributed by atoms with Gasteiger partial charge in [-0.05, 0) is 46.2 Å². The molecule has 8 heteroatoms. The number of halogens is 1. The summed E-state index contributed by atoms with van der Waals surface area (Å²) < 4.78 is 7.19. The van der Waals surface area contributed by atoms with Crippen LogP contribution in [0.25, 0.3) is 21.9 Å². The molecule has 1 amide bonds. The fourth-order valence-corrected chi connectivity index (χ4v) is 4.80. The quantitative estimate of drug-likeness (QED) is 0.508. The second-order valence-corrected chi connectivity index (χ2v) is 8.62. The summed E-state index contributed by atoms with van der Waals surface area (Å²) in [6, 6.07) is 13.0. The van der Waals surface area contributed by atoms with Gasteiger partial charge in [-0.3, -0.25) is 9.59 Å². The van der Waals surface area contributed by atoms with Gasteiger partial charge in [0.05, 0.1) is 17.0 Å². The van der Waals surface area contributed by atoms with E-state index < -0.39 is 0 Å². The molecule has 2 aromatic carbocycles. The van der Waals surface area contributed by atoms with Gasteiger partial charge in [0.25, 0.3) is 11.5 Å². The van der Waals surface area contributed by atoms with Crippen molar-refractivity contribution in [3.63, 3.8) is 0 Å². The minimum absolute atomic E-state index is 0.214. The highest BCUT2D eigenvalue weighted by atomic mass is 35.5. The van der Waals surface area contributed by atoms with E-state index >= 15 is 0 Å². The van der Waals surface area contributed by atoms with Crippen LogP contribution in [-0.2, 0) is 13.5 Å². The SMILES string of the molecule is Cn1nc(C(=O)NCC2Cc3cc(-c4ccsc4)cc(Cl)c3O2)c2ccccc2c1=O. The first-order valence-corrected chi connectivity index (χ1v) is 11.1. The van der Waals surface area contributed by atoms with E-state index in [4.69, 9.17) is 16.3 Å². The molecule has 2 aromatic heterocycles. The van der Waals surface area contributed by atoms with Crippen LogP contribution in [0.5, 0.6) is 5.75 Å². The van der Waals surface area contributed by atoms with Crippen molar-refractivity contribution in [1.82, 2.24) is 15.1 Å². The lowest BCUT2D eigenvalue weighted by Crippen LogP contribution is -2.36. The predicted octanol–water partition coefficient (Wildman–Crippen LogP) is 4.05. The number of aromatic nitrogens is 2. The molecule has 6 nitrogen and oxygen atoms in total. The van der Waals surface area contributed by atoms with Crippen molar-refractivity contribution in [2.75, 3.05) is 6.54 Å². The number of nitrogens with one attached hydrogen (secondary N) is 1. The summed E-state index contributed by atoms with van der Waals surface area (Å²) in [5.41, 5.74) is 3.18. The zero-order valence-corrected chi connectivity index (χ0v) is 18.2. The molecule has 1 aliphatic heterocycles. The van der Waals surface area contributed by atoms with E-state index in [2.05, 4.69) is 27.9 Å². The molecule has 3 heterocycles. The maximum absolute atomic E-state index is 12.9. The molecule has 1 aliphatic rings. The van der Waals surface area contributed by atoms with Crippen molar-refractivity contribution < 1.29 is 9.53 Å². The monoisotopic (exact) mass is 451 g/mol. The number of thiophene rings is 1. The number of ether oxygens (including phenoxy) is 1. The standard InChI is InChI=1S/C23H18ClN3O3S/c1-27-23(29)18-5-3-2-4-17(18)20(26-27)22(28)25-11-16-9-15-8-14(13-6-7-31-12-13)10-19(24)21(15)30-16/h2-8,10,12,16H,9,11H2,1H3,(H,25,28). The molecule has 0 saturated heterocycles. The van der Waals surface area contributed by atoms with E-state index in [1.54, 1.807) is 35.6 Å². The first-order chi connectivity index (χ1) is 15.0. The number of rotatable bonds is 4. The number of hydrogen-bond acceptors (Lipinski definition) is 5. The lowest BCUT2D eigenvalue weighted by atomic mass is 10.0. The third-order valence-corrected chi connectivity index (χ3v) is 6.33. The van der Waals surface area contributed by atoms with Crippen molar-refractivity contribution in [3.05, 3.63) is 79.9 Å². The van der Waals surface area contributed by atoms with Gasteiger partial charge >= 0.3 is 0 Å². The Kier molecular flexibility index (Phi) is 5.00. The third kappa shape index (κ3) is 3.60. The number of fused-ring (bicyclic) bond motifs is 2. The van der Waals surface area contributed by atoms with E-state index in [9.17, 15) is 9.59 Å². The number of nitrogens with zero attached hydrogens (tertiary/aromatic N) is 2. The summed E-state index contributed by atoms with van der Waals surface area (Å²) in [5, 5.41) is 12.7. The maximum Gasteiger partial charge on any atom is 0.274 e. The Bertz CT molecular complexity index is 1360. The summed E-state index contributed by atoms with van der Waals surface area (Å²) >= 11 is 8.10. The largest absolute Gasteiger partial charge is 0.486 e. The molecule has 1 unspecified atom stereocenters. The van der Waals surface area contributed by atoms with Crippen molar-refractivity contribution >= 4 is 39.6 Å². The smallest absolute Gasteiger partial charge is 0.274 e. The normalized spacial score (nSPS) is 15.0. The Morgan fingerprint density at radius 2 is 2.06 bits per heavy atom. The lowest BCUT2D eigenvalue weighted by Gasteiger charge is -2.13. The first kappa shape index (κ1) is 19.8. The third-order valence-electron chi connectivity index (χ3n) is 5.37. The fourth-order valence-electron chi connectivity index (χ4n) is 3.85. The average molecular weight is 452 g/mol. The molecule has 0 bridgehead atoms. The topological polar surface area (TPSA) is 73.2 Å². The molecule has 0 fully saturated rings. The molecule has 0 saturated carbocycles. The zero-order valence-electron chi connectivity index (χ0n) is 16.6. The molecule has 5 rings (SSSR count). The van der Waals surface area contributed by atoms with Crippen molar-refractivity contribution in [1.29, 1.82) is 0 Å². The van der Waals surface area contributed by atoms with Crippen molar-refractivity contribution in [2.45, 2.75) is 12.5 Å². The molecule has 0 aliphatic carbocycles. The molecule has 4 aromatic rings. The van der Waals surface area contributed by atoms with Crippen LogP contribution in [0.3, 0.4) is 0 Å². The van der Waals surface area contributed by atoms with Gasteiger partial charge in [0.1, 0.15) is 11.9 Å². The Balaban J connectivity index is 1.34. The van der Waals surface area contributed by atoms with E-state index in [0.29, 0.717) is 34.5 Å². The van der Waals surface area contributed by atoms with E-state index in [1.165, 1.54) is 11.7 Å². The predicted molar refractivity (Wildman–Crippen MR) is 122 cm³/mol. The zero-order chi connectivity index (χ0) is 21.5. The first-order valence-electron chi connectivity index (χ1n) is 9.77. The number of benzene rings is 2. The molecular formula is C23H18ClN3O3S. The van der Waals surface area contributed by atoms with Gasteiger partial charge < -0.3 is 10.1 Å². The van der Waals surface area contributed by atoms with Crippen LogP contribution < -0.4 is 15.6 Å². The number of amides is 1. The summed E-state index contributed by atoms with van der Waals surface area (Å²) in [6.45, 7) is 0.302. The van der Waals surface area contributed by atoms with Gasteiger partial charge in [-0.2, -0.15) is 16.4 Å². The van der Waals surface area contributed by atoms with Gasteiger partial charge in [-0.25, -0.2) is 4.68 Å². The van der Waals surface area contributed by atoms with E-state index in [0.717, 1.165) is 16.7 Å². The van der Waals surface area contributed by atoms with Crippen LogP contribution in [0.2, 0.25) is 5.02 Å². The van der Waals surface area contributed by atoms with Gasteiger partial charge in [0.15, 0.2) is 5.69 Å². The maximum atomic E-state index is 12.9. The fraction of sp³-hybridized carbons (Fsp3) is 0.174. The van der Waals surface area contributed by atoms with E-state index in [-0.39, 0.29) is 23.3 Å². The Morgan fingerprint density at radius 1 is 1.26 bits per heavy atom. The Hall–Kier alpha value is -3.16. The van der Waals surface area contributed by atoms with Crippen LogP contribution in [0.15, 0.2) is 58.0 Å². The van der Waals surface area contributed by atoms with Crippen molar-refractivity contribution in [3.8, 4) is 16.9 Å². The highest BCUT2D eigenvalue weighted by molar-refractivity contribution is 7.08. The molecule has 0 radical (unpaired) electrons. The summed E-state index contributed by atoms with van der Waals surface area (Å²) in [6.07, 6.45) is 0.419. The summed E-state index contributed by atoms with van der Waals surface area (Å²) in [4.78, 5) is 25.1. The number of carbonyl (C=O) groups excluding carboxylic acids is 1. The summed E-state index contributed by atoms with van der Waals surface area (Å²) in [7, 11) is 1.54. The second kappa shape index (κ2) is 7.83. The number of hydrogen-bond donors (Lipinski definition) is 1.